The average molecular weight is 392 g/mol. The molecule has 1 aromatic heterocycles. The Hall–Kier alpha value is -3.13. The Bertz CT molecular complexity index is 901. The van der Waals surface area contributed by atoms with Crippen LogP contribution in [0.25, 0.3) is 12.2 Å². The van der Waals surface area contributed by atoms with Gasteiger partial charge in [0, 0.05) is 44.4 Å². The zero-order valence-electron chi connectivity index (χ0n) is 16.0. The molecule has 0 aliphatic carbocycles. The van der Waals surface area contributed by atoms with Crippen LogP contribution in [0.2, 0.25) is 0 Å². The zero-order valence-corrected chi connectivity index (χ0v) is 16.0. The summed E-state index contributed by atoms with van der Waals surface area (Å²) in [5.41, 5.74) is 4.48. The number of hydrogen-bond acceptors (Lipinski definition) is 6. The number of nitrogens with one attached hydrogen (secondary N) is 2. The Morgan fingerprint density at radius 2 is 1.69 bits per heavy atom. The van der Waals surface area contributed by atoms with Crippen molar-refractivity contribution in [3.05, 3.63) is 77.1 Å². The lowest BCUT2D eigenvalue weighted by Gasteiger charge is -2.27. The van der Waals surface area contributed by atoms with E-state index in [1.165, 1.54) is 29.3 Å². The minimum absolute atomic E-state index is 0.0962. The van der Waals surface area contributed by atoms with Gasteiger partial charge in [-0.25, -0.2) is 10.5 Å². The molecule has 7 nitrogen and oxygen atoms in total. The van der Waals surface area contributed by atoms with Gasteiger partial charge >= 0.3 is 0 Å². The van der Waals surface area contributed by atoms with Crippen LogP contribution in [0.1, 0.15) is 27.3 Å². The molecular formula is C22H24N4O3. The Kier molecular flexibility index (Phi) is 7.40. The number of nitrogens with zero attached hydrogens (tertiary/aromatic N) is 2. The van der Waals surface area contributed by atoms with E-state index in [2.05, 4.69) is 15.2 Å². The fraction of sp³-hybridized carbons (Fsp3) is 0.227. The summed E-state index contributed by atoms with van der Waals surface area (Å²) < 4.78 is 0. The van der Waals surface area contributed by atoms with Gasteiger partial charge in [0.2, 0.25) is 0 Å². The Balaban J connectivity index is 1.60. The molecule has 0 radical (unpaired) electrons. The third kappa shape index (κ3) is 6.46. The molecule has 150 valence electrons. The van der Waals surface area contributed by atoms with E-state index in [0.717, 1.165) is 32.7 Å². The number of benzene rings is 1. The second-order valence-electron chi connectivity index (χ2n) is 6.72. The van der Waals surface area contributed by atoms with Gasteiger partial charge in [-0.2, -0.15) is 0 Å². The lowest BCUT2D eigenvalue weighted by Crippen LogP contribution is -2.42. The molecule has 1 amide bonds. The molecule has 0 saturated carbocycles. The summed E-state index contributed by atoms with van der Waals surface area (Å²) >= 11 is 0. The van der Waals surface area contributed by atoms with Crippen molar-refractivity contribution >= 4 is 23.8 Å². The molecule has 3 N–H and O–H groups in total. The summed E-state index contributed by atoms with van der Waals surface area (Å²) in [6.07, 6.45) is 5.77. The summed E-state index contributed by atoms with van der Waals surface area (Å²) in [6, 6.07) is 13.0. The number of hydrogen-bond donors (Lipinski definition) is 3. The molecule has 1 aliphatic rings. The number of aromatic nitrogens is 1. The maximum atomic E-state index is 12.4. The highest BCUT2D eigenvalue weighted by Gasteiger charge is 2.10. The first kappa shape index (κ1) is 20.6. The maximum absolute atomic E-state index is 12.4. The molecular weight excluding hydrogens is 368 g/mol. The van der Waals surface area contributed by atoms with E-state index in [4.69, 9.17) is 5.21 Å². The quantitative estimate of drug-likeness (QED) is 0.288. The molecule has 7 heteroatoms. The molecule has 2 aromatic rings. The van der Waals surface area contributed by atoms with Crippen molar-refractivity contribution in [1.82, 2.24) is 20.7 Å². The van der Waals surface area contributed by atoms with Gasteiger partial charge in [0.05, 0.1) is 11.4 Å². The smallest absolute Gasteiger partial charge is 0.267 e. The maximum Gasteiger partial charge on any atom is 0.267 e. The summed E-state index contributed by atoms with van der Waals surface area (Å²) in [4.78, 5) is 30.2. The molecule has 1 fully saturated rings. The van der Waals surface area contributed by atoms with Gasteiger partial charge in [-0.1, -0.05) is 30.3 Å². The van der Waals surface area contributed by atoms with E-state index in [9.17, 15) is 9.59 Å². The van der Waals surface area contributed by atoms with Crippen LogP contribution in [0.3, 0.4) is 0 Å². The van der Waals surface area contributed by atoms with Crippen LogP contribution in [-0.4, -0.2) is 53.0 Å². The minimum Gasteiger partial charge on any atom is -0.314 e. The Morgan fingerprint density at radius 1 is 1.03 bits per heavy atom. The Morgan fingerprint density at radius 3 is 2.34 bits per heavy atom. The molecule has 2 heterocycles. The number of allylic oxidation sites excluding steroid dienone is 1. The number of amides is 1. The van der Waals surface area contributed by atoms with Crippen LogP contribution in [0, 0.1) is 0 Å². The van der Waals surface area contributed by atoms with Crippen LogP contribution in [0.4, 0.5) is 0 Å². The summed E-state index contributed by atoms with van der Waals surface area (Å²) in [5, 5.41) is 11.8. The molecule has 1 aliphatic heterocycles. The highest BCUT2D eigenvalue weighted by atomic mass is 16.5. The number of piperazine rings is 1. The Labute approximate surface area is 169 Å². The molecule has 0 bridgehead atoms. The number of ketones is 1. The van der Waals surface area contributed by atoms with E-state index in [-0.39, 0.29) is 5.78 Å². The lowest BCUT2D eigenvalue weighted by atomic mass is 10.1. The summed E-state index contributed by atoms with van der Waals surface area (Å²) in [5.74, 6) is -0.732. The highest BCUT2D eigenvalue weighted by molar-refractivity contribution is 6.06. The van der Waals surface area contributed by atoms with Gasteiger partial charge in [0.25, 0.3) is 5.91 Å². The van der Waals surface area contributed by atoms with Gasteiger partial charge in [-0.15, -0.1) is 0 Å². The van der Waals surface area contributed by atoms with Crippen molar-refractivity contribution in [1.29, 1.82) is 0 Å². The predicted octanol–water partition coefficient (Wildman–Crippen LogP) is 1.90. The van der Waals surface area contributed by atoms with Gasteiger partial charge in [-0.05, 0) is 35.9 Å². The molecule has 0 spiro atoms. The molecule has 3 rings (SSSR count). The largest absolute Gasteiger partial charge is 0.314 e. The fourth-order valence-electron chi connectivity index (χ4n) is 3.01. The minimum atomic E-state index is -0.636. The monoisotopic (exact) mass is 392 g/mol. The second-order valence-corrected chi connectivity index (χ2v) is 6.72. The van der Waals surface area contributed by atoms with Crippen LogP contribution in [0.15, 0.2) is 54.6 Å². The van der Waals surface area contributed by atoms with Crippen LogP contribution < -0.4 is 10.8 Å². The van der Waals surface area contributed by atoms with E-state index in [1.54, 1.807) is 24.3 Å². The number of hydroxylamine groups is 1. The first-order valence-electron chi connectivity index (χ1n) is 9.48. The normalized spacial score (nSPS) is 15.1. The fourth-order valence-corrected chi connectivity index (χ4v) is 3.01. The van der Waals surface area contributed by atoms with Crippen molar-refractivity contribution in [2.75, 3.05) is 26.2 Å². The van der Waals surface area contributed by atoms with Gasteiger partial charge in [-0.3, -0.25) is 19.7 Å². The molecule has 29 heavy (non-hydrogen) atoms. The predicted molar refractivity (Wildman–Crippen MR) is 111 cm³/mol. The van der Waals surface area contributed by atoms with E-state index in [1.807, 2.05) is 24.3 Å². The standard InChI is InChI=1S/C22H24N4O3/c27-21(10-8-19-2-1-3-20(24-19)9-11-22(28)25-29)18-6-4-17(5-7-18)16-26-14-12-23-13-15-26/h1-11,23,29H,12-16H2,(H,25,28)/b10-8+,11-9+. The van der Waals surface area contributed by atoms with Crippen molar-refractivity contribution in [2.45, 2.75) is 6.54 Å². The zero-order chi connectivity index (χ0) is 20.5. The number of carbonyl (C=O) groups excluding carboxylic acids is 2. The molecule has 1 saturated heterocycles. The van der Waals surface area contributed by atoms with Crippen LogP contribution >= 0.6 is 0 Å². The van der Waals surface area contributed by atoms with E-state index >= 15 is 0 Å². The topological polar surface area (TPSA) is 94.6 Å². The van der Waals surface area contributed by atoms with Gasteiger partial charge < -0.3 is 5.32 Å². The highest BCUT2D eigenvalue weighted by Crippen LogP contribution is 2.11. The number of rotatable bonds is 7. The average Bonchev–Trinajstić information content (AvgIpc) is 2.77. The first-order valence-corrected chi connectivity index (χ1v) is 9.48. The van der Waals surface area contributed by atoms with Crippen molar-refractivity contribution in [2.24, 2.45) is 0 Å². The second kappa shape index (κ2) is 10.4. The molecule has 0 atom stereocenters. The SMILES string of the molecule is O=C(/C=C/c1cccc(/C=C/C(=O)c2ccc(CN3CCNCC3)cc2)n1)NO. The molecule has 1 aromatic carbocycles. The number of pyridine rings is 1. The van der Waals surface area contributed by atoms with Gasteiger partial charge in [0.15, 0.2) is 5.78 Å². The van der Waals surface area contributed by atoms with Crippen molar-refractivity contribution < 1.29 is 14.8 Å². The van der Waals surface area contributed by atoms with Crippen LogP contribution in [0.5, 0.6) is 0 Å². The van der Waals surface area contributed by atoms with Crippen LogP contribution in [-0.2, 0) is 11.3 Å². The summed E-state index contributed by atoms with van der Waals surface area (Å²) in [6.45, 7) is 5.00. The van der Waals surface area contributed by atoms with Crippen molar-refractivity contribution in [3.8, 4) is 0 Å². The lowest BCUT2D eigenvalue weighted by molar-refractivity contribution is -0.124. The van der Waals surface area contributed by atoms with E-state index < -0.39 is 5.91 Å². The molecule has 0 unspecified atom stereocenters. The van der Waals surface area contributed by atoms with E-state index in [0.29, 0.717) is 17.0 Å². The summed E-state index contributed by atoms with van der Waals surface area (Å²) in [7, 11) is 0. The van der Waals surface area contributed by atoms with Gasteiger partial charge in [0.1, 0.15) is 0 Å². The first-order chi connectivity index (χ1) is 14.1. The number of carbonyl (C=O) groups is 2. The third-order valence-corrected chi connectivity index (χ3v) is 4.57. The van der Waals surface area contributed by atoms with Crippen molar-refractivity contribution in [3.63, 3.8) is 0 Å². The third-order valence-electron chi connectivity index (χ3n) is 4.57.